The molecule has 0 saturated heterocycles. The van der Waals surface area contributed by atoms with Gasteiger partial charge in [0.2, 0.25) is 0 Å². The number of fused-ring (bicyclic) bond motifs is 5. The fourth-order valence-electron chi connectivity index (χ4n) is 5.59. The highest BCUT2D eigenvalue weighted by atomic mass is 16.3. The van der Waals surface area contributed by atoms with Crippen LogP contribution in [-0.2, 0) is 5.41 Å². The van der Waals surface area contributed by atoms with Crippen LogP contribution in [0, 0.1) is 5.41 Å². The van der Waals surface area contributed by atoms with Crippen molar-refractivity contribution >= 4 is 27.1 Å². The summed E-state index contributed by atoms with van der Waals surface area (Å²) in [5.74, 6) is 0.323. The van der Waals surface area contributed by atoms with E-state index in [1.54, 1.807) is 17.7 Å². The van der Waals surface area contributed by atoms with Crippen LogP contribution in [0.15, 0.2) is 96.6 Å². The fraction of sp³-hybridized carbons (Fsp3) is 0.250. The zero-order valence-corrected chi connectivity index (χ0v) is 20.0. The maximum atomic E-state index is 9.13. The lowest BCUT2D eigenvalue weighted by Crippen LogP contribution is -2.27. The molecule has 0 aliphatic heterocycles. The highest BCUT2D eigenvalue weighted by Crippen LogP contribution is 2.50. The molecule has 0 atom stereocenters. The van der Waals surface area contributed by atoms with Gasteiger partial charge in [-0.25, -0.2) is 0 Å². The zero-order chi connectivity index (χ0) is 23.2. The summed E-state index contributed by atoms with van der Waals surface area (Å²) in [5, 5.41) is 14.1. The van der Waals surface area contributed by atoms with E-state index >= 15 is 0 Å². The van der Waals surface area contributed by atoms with Crippen molar-refractivity contribution in [2.45, 2.75) is 46.0 Å². The molecular formula is C32H32O. The molecule has 0 fully saturated rings. The minimum Gasteiger partial charge on any atom is -0.508 e. The van der Waals surface area contributed by atoms with E-state index in [9.17, 15) is 0 Å². The smallest absolute Gasteiger partial charge is 0.116 e. The van der Waals surface area contributed by atoms with Gasteiger partial charge in [-0.3, -0.25) is 0 Å². The van der Waals surface area contributed by atoms with Gasteiger partial charge in [0.1, 0.15) is 5.75 Å². The Balaban J connectivity index is 0.000000174. The average Bonchev–Trinajstić information content (AvgIpc) is 2.77. The number of phenols is 1. The van der Waals surface area contributed by atoms with E-state index in [1.165, 1.54) is 40.3 Å². The summed E-state index contributed by atoms with van der Waals surface area (Å²) in [6.07, 6.45) is 7.14. The molecule has 0 unspecified atom stereocenters. The predicted octanol–water partition coefficient (Wildman–Crippen LogP) is 8.81. The first-order valence-corrected chi connectivity index (χ1v) is 11.9. The van der Waals surface area contributed by atoms with Crippen LogP contribution >= 0.6 is 0 Å². The van der Waals surface area contributed by atoms with Crippen LogP contribution in [0.2, 0.25) is 0 Å². The zero-order valence-electron chi connectivity index (χ0n) is 20.0. The Labute approximate surface area is 197 Å². The molecule has 0 radical (unpaired) electrons. The molecule has 166 valence electrons. The largest absolute Gasteiger partial charge is 0.508 e. The van der Waals surface area contributed by atoms with Gasteiger partial charge < -0.3 is 5.11 Å². The molecule has 33 heavy (non-hydrogen) atoms. The molecule has 4 aromatic rings. The number of hydrogen-bond acceptors (Lipinski definition) is 1. The predicted molar refractivity (Wildman–Crippen MR) is 142 cm³/mol. The second kappa shape index (κ2) is 7.92. The van der Waals surface area contributed by atoms with Gasteiger partial charge in [-0.2, -0.15) is 0 Å². The van der Waals surface area contributed by atoms with E-state index < -0.39 is 0 Å². The van der Waals surface area contributed by atoms with Gasteiger partial charge in [0.05, 0.1) is 0 Å². The number of aromatic hydroxyl groups is 1. The Morgan fingerprint density at radius 3 is 2.15 bits per heavy atom. The van der Waals surface area contributed by atoms with E-state index in [0.29, 0.717) is 11.2 Å². The van der Waals surface area contributed by atoms with Crippen molar-refractivity contribution < 1.29 is 5.11 Å². The Bertz CT molecular complexity index is 1420. The quantitative estimate of drug-likeness (QED) is 0.294. The van der Waals surface area contributed by atoms with Crippen molar-refractivity contribution in [1.29, 1.82) is 0 Å². The second-order valence-corrected chi connectivity index (χ2v) is 10.8. The molecule has 1 nitrogen and oxygen atoms in total. The molecule has 0 spiro atoms. The molecule has 0 aromatic heterocycles. The molecule has 0 amide bonds. The molecule has 1 N–H and O–H groups in total. The lowest BCUT2D eigenvalue weighted by atomic mass is 9.64. The Hall–Kier alpha value is -3.32. The summed E-state index contributed by atoms with van der Waals surface area (Å²) in [4.78, 5) is 0. The van der Waals surface area contributed by atoms with Crippen LogP contribution in [0.5, 0.6) is 5.75 Å². The first-order valence-electron chi connectivity index (χ1n) is 11.9. The van der Waals surface area contributed by atoms with Crippen molar-refractivity contribution in [3.8, 4) is 5.75 Å². The highest BCUT2D eigenvalue weighted by Gasteiger charge is 2.36. The van der Waals surface area contributed by atoms with E-state index in [4.69, 9.17) is 5.11 Å². The summed E-state index contributed by atoms with van der Waals surface area (Å²) < 4.78 is 0. The number of allylic oxidation sites excluding steroid dienone is 4. The Morgan fingerprint density at radius 2 is 1.36 bits per heavy atom. The summed E-state index contributed by atoms with van der Waals surface area (Å²) >= 11 is 0. The van der Waals surface area contributed by atoms with Crippen LogP contribution in [0.1, 0.15) is 51.7 Å². The van der Waals surface area contributed by atoms with E-state index in [0.717, 1.165) is 10.8 Å². The summed E-state index contributed by atoms with van der Waals surface area (Å²) in [6, 6.07) is 26.8. The van der Waals surface area contributed by atoms with Crippen LogP contribution in [0.25, 0.3) is 27.1 Å². The lowest BCUT2D eigenvalue weighted by molar-refractivity contribution is 0.429. The standard InChI is InChI=1S/C22H24.C10H8O/c1-21(2)12-11-17-16(13-21)14-22(3,4)20-18-8-6-5-7-15(18)9-10-19(17)20;11-10-6-5-8-3-1-2-4-9(8)7-10/h5-12H,13-14H2,1-4H3;1-7,11H. The van der Waals surface area contributed by atoms with E-state index in [2.05, 4.69) is 76.2 Å². The van der Waals surface area contributed by atoms with Gasteiger partial charge in [-0.05, 0) is 74.0 Å². The molecule has 2 aliphatic rings. The number of phenolic OH excluding ortho intramolecular Hbond substituents is 1. The minimum atomic E-state index is 0.205. The van der Waals surface area contributed by atoms with Crippen LogP contribution in [-0.4, -0.2) is 5.11 Å². The normalized spacial score (nSPS) is 17.8. The SMILES string of the molecule is CC1(C)C=CC2=C(C1)CC(C)(C)c1c2ccc2ccccc12.Oc1ccc2ccccc2c1. The Morgan fingerprint density at radius 1 is 0.697 bits per heavy atom. The Kier molecular flexibility index (Phi) is 5.16. The monoisotopic (exact) mass is 432 g/mol. The number of hydrogen-bond donors (Lipinski definition) is 1. The second-order valence-electron chi connectivity index (χ2n) is 10.8. The molecule has 0 heterocycles. The lowest BCUT2D eigenvalue weighted by Gasteiger charge is -2.40. The van der Waals surface area contributed by atoms with Crippen molar-refractivity contribution in [2.75, 3.05) is 0 Å². The third-order valence-electron chi connectivity index (χ3n) is 7.04. The fourth-order valence-corrected chi connectivity index (χ4v) is 5.59. The van der Waals surface area contributed by atoms with Gasteiger partial charge in [-0.1, -0.05) is 112 Å². The van der Waals surface area contributed by atoms with Crippen LogP contribution in [0.3, 0.4) is 0 Å². The van der Waals surface area contributed by atoms with Crippen molar-refractivity contribution in [3.05, 3.63) is 108 Å². The topological polar surface area (TPSA) is 20.2 Å². The van der Waals surface area contributed by atoms with Crippen molar-refractivity contribution in [1.82, 2.24) is 0 Å². The first kappa shape index (κ1) is 21.5. The van der Waals surface area contributed by atoms with E-state index in [-0.39, 0.29) is 5.41 Å². The van der Waals surface area contributed by atoms with Crippen LogP contribution in [0.4, 0.5) is 0 Å². The highest BCUT2D eigenvalue weighted by molar-refractivity contribution is 5.95. The molecule has 4 aromatic carbocycles. The summed E-state index contributed by atoms with van der Waals surface area (Å²) in [5.41, 5.74) is 6.62. The minimum absolute atomic E-state index is 0.205. The first-order chi connectivity index (χ1) is 15.7. The third kappa shape index (κ3) is 4.09. The summed E-state index contributed by atoms with van der Waals surface area (Å²) in [7, 11) is 0. The molecule has 6 rings (SSSR count). The van der Waals surface area contributed by atoms with Gasteiger partial charge in [0.25, 0.3) is 0 Å². The van der Waals surface area contributed by atoms with Crippen LogP contribution < -0.4 is 0 Å². The van der Waals surface area contributed by atoms with Crippen molar-refractivity contribution in [3.63, 3.8) is 0 Å². The van der Waals surface area contributed by atoms with Crippen molar-refractivity contribution in [2.24, 2.45) is 5.41 Å². The molecule has 0 saturated carbocycles. The molecule has 0 bridgehead atoms. The van der Waals surface area contributed by atoms with Gasteiger partial charge in [0, 0.05) is 0 Å². The molecule has 1 heteroatoms. The van der Waals surface area contributed by atoms with Gasteiger partial charge >= 0.3 is 0 Å². The molecular weight excluding hydrogens is 400 g/mol. The molecule has 2 aliphatic carbocycles. The van der Waals surface area contributed by atoms with Gasteiger partial charge in [0.15, 0.2) is 0 Å². The van der Waals surface area contributed by atoms with Gasteiger partial charge in [-0.15, -0.1) is 0 Å². The number of benzene rings is 4. The maximum Gasteiger partial charge on any atom is 0.116 e. The summed E-state index contributed by atoms with van der Waals surface area (Å²) in [6.45, 7) is 9.51. The average molecular weight is 433 g/mol. The maximum absolute atomic E-state index is 9.13. The number of rotatable bonds is 0. The third-order valence-corrected chi connectivity index (χ3v) is 7.04. The van der Waals surface area contributed by atoms with E-state index in [1.807, 2.05) is 30.3 Å².